The predicted octanol–water partition coefficient (Wildman–Crippen LogP) is 0.808. The van der Waals surface area contributed by atoms with E-state index in [2.05, 4.69) is 4.74 Å². The molecule has 0 fully saturated rings. The largest absolute Gasteiger partial charge is 0.613 e. The van der Waals surface area contributed by atoms with Crippen molar-refractivity contribution in [2.45, 2.75) is 26.0 Å². The first kappa shape index (κ1) is 10.7. The molecule has 5 nitrogen and oxygen atoms in total. The SMILES string of the molecule is CC(C)OC(=O)C(F)(F)[N+](=O)[O-]. The van der Waals surface area contributed by atoms with Crippen LogP contribution in [0.3, 0.4) is 0 Å². The van der Waals surface area contributed by atoms with Crippen LogP contribution in [-0.4, -0.2) is 23.0 Å². The Morgan fingerprint density at radius 3 is 2.25 bits per heavy atom. The van der Waals surface area contributed by atoms with Crippen LogP contribution in [0.2, 0.25) is 0 Å². The maximum atomic E-state index is 12.1. The number of rotatable bonds is 3. The summed E-state index contributed by atoms with van der Waals surface area (Å²) in [6.07, 6.45) is -0.802. The average Bonchev–Trinajstić information content (AvgIpc) is 1.85. The average molecular weight is 183 g/mol. The van der Waals surface area contributed by atoms with Gasteiger partial charge in [0.15, 0.2) is 0 Å². The summed E-state index contributed by atoms with van der Waals surface area (Å²) in [5, 5.41) is 9.60. The van der Waals surface area contributed by atoms with Crippen LogP contribution < -0.4 is 0 Å². The molecule has 70 valence electrons. The molecule has 0 rings (SSSR count). The third-order valence-electron chi connectivity index (χ3n) is 0.818. The zero-order chi connectivity index (χ0) is 9.94. The van der Waals surface area contributed by atoms with Gasteiger partial charge in [0, 0.05) is 0 Å². The van der Waals surface area contributed by atoms with Crippen LogP contribution in [0.4, 0.5) is 8.78 Å². The molecule has 0 aromatic heterocycles. The Hall–Kier alpha value is -1.27. The maximum absolute atomic E-state index is 12.1. The third-order valence-corrected chi connectivity index (χ3v) is 0.818. The quantitative estimate of drug-likeness (QED) is 0.281. The minimum atomic E-state index is -4.65. The Morgan fingerprint density at radius 1 is 1.58 bits per heavy atom. The van der Waals surface area contributed by atoms with Crippen LogP contribution in [0, 0.1) is 10.1 Å². The van der Waals surface area contributed by atoms with Gasteiger partial charge in [-0.1, -0.05) is 0 Å². The highest BCUT2D eigenvalue weighted by Gasteiger charge is 2.56. The number of carbonyl (C=O) groups excluding carboxylic acids is 1. The fraction of sp³-hybridized carbons (Fsp3) is 0.800. The summed E-state index contributed by atoms with van der Waals surface area (Å²) >= 11 is 0. The zero-order valence-electron chi connectivity index (χ0n) is 6.41. The molecule has 0 saturated carbocycles. The summed E-state index contributed by atoms with van der Waals surface area (Å²) in [7, 11) is 0. The van der Waals surface area contributed by atoms with E-state index in [1.54, 1.807) is 0 Å². The molecular formula is C5H7F2NO4. The Labute approximate surface area is 66.5 Å². The number of halogens is 2. The molecule has 0 unspecified atom stereocenters. The van der Waals surface area contributed by atoms with Crippen LogP contribution in [-0.2, 0) is 9.53 Å². The summed E-state index contributed by atoms with van der Waals surface area (Å²) in [6.45, 7) is 2.63. The van der Waals surface area contributed by atoms with Gasteiger partial charge in [0.2, 0.25) is 0 Å². The molecule has 0 aliphatic rings. The second-order valence-electron chi connectivity index (χ2n) is 2.25. The summed E-state index contributed by atoms with van der Waals surface area (Å²) in [5.74, 6) is -2.14. The van der Waals surface area contributed by atoms with E-state index in [4.69, 9.17) is 0 Å². The number of ether oxygens (including phenoxy) is 1. The van der Waals surface area contributed by atoms with Crippen molar-refractivity contribution in [2.24, 2.45) is 0 Å². The topological polar surface area (TPSA) is 69.4 Å². The Balaban J connectivity index is 4.36. The Bertz CT molecular complexity index is 204. The molecule has 0 saturated heterocycles. The van der Waals surface area contributed by atoms with E-state index in [1.165, 1.54) is 13.8 Å². The standard InChI is InChI=1S/C5H7F2NO4/c1-3(2)12-4(9)5(6,7)8(10)11/h3H,1-2H3. The molecule has 0 aromatic rings. The van der Waals surface area contributed by atoms with Crippen LogP contribution in [0.25, 0.3) is 0 Å². The fourth-order valence-electron chi connectivity index (χ4n) is 0.360. The number of alkyl halides is 2. The van der Waals surface area contributed by atoms with Crippen molar-refractivity contribution in [3.63, 3.8) is 0 Å². The molecule has 0 heterocycles. The molecule has 0 aliphatic heterocycles. The van der Waals surface area contributed by atoms with Gasteiger partial charge < -0.3 is 4.74 Å². The molecule has 0 aliphatic carbocycles. The van der Waals surface area contributed by atoms with Gasteiger partial charge in [-0.15, -0.1) is 8.78 Å². The molecule has 0 bridgehead atoms. The van der Waals surface area contributed by atoms with E-state index in [9.17, 15) is 23.7 Å². The van der Waals surface area contributed by atoms with E-state index in [-0.39, 0.29) is 0 Å². The van der Waals surface area contributed by atoms with Gasteiger partial charge >= 0.3 is 12.0 Å². The van der Waals surface area contributed by atoms with Crippen LogP contribution >= 0.6 is 0 Å². The Morgan fingerprint density at radius 2 is 2.00 bits per heavy atom. The van der Waals surface area contributed by atoms with Crippen molar-refractivity contribution >= 4 is 5.97 Å². The van der Waals surface area contributed by atoms with E-state index in [1.807, 2.05) is 0 Å². The number of hydrogen-bond acceptors (Lipinski definition) is 4. The molecule has 0 atom stereocenters. The number of carbonyl (C=O) groups is 1. The second-order valence-corrected chi connectivity index (χ2v) is 2.25. The predicted molar refractivity (Wildman–Crippen MR) is 33.2 cm³/mol. The minimum absolute atomic E-state index is 0.802. The van der Waals surface area contributed by atoms with Gasteiger partial charge in [0.05, 0.1) is 6.10 Å². The number of esters is 1. The molecule has 0 amide bonds. The van der Waals surface area contributed by atoms with Crippen LogP contribution in [0.15, 0.2) is 0 Å². The fourth-order valence-corrected chi connectivity index (χ4v) is 0.360. The van der Waals surface area contributed by atoms with Gasteiger partial charge in [-0.2, -0.15) is 0 Å². The minimum Gasteiger partial charge on any atom is -0.453 e. The van der Waals surface area contributed by atoms with Crippen LogP contribution in [0.5, 0.6) is 0 Å². The highest BCUT2D eigenvalue weighted by molar-refractivity contribution is 5.75. The molecule has 12 heavy (non-hydrogen) atoms. The van der Waals surface area contributed by atoms with E-state index >= 15 is 0 Å². The summed E-state index contributed by atoms with van der Waals surface area (Å²) in [5.41, 5.74) is 0. The highest BCUT2D eigenvalue weighted by atomic mass is 19.3. The summed E-state index contributed by atoms with van der Waals surface area (Å²) in [4.78, 5) is 17.9. The lowest BCUT2D eigenvalue weighted by molar-refractivity contribution is -0.625. The smallest absolute Gasteiger partial charge is 0.453 e. The summed E-state index contributed by atoms with van der Waals surface area (Å²) < 4.78 is 28.2. The first-order valence-electron chi connectivity index (χ1n) is 3.02. The molecule has 7 heteroatoms. The van der Waals surface area contributed by atoms with Crippen molar-refractivity contribution in [1.82, 2.24) is 0 Å². The maximum Gasteiger partial charge on any atom is 0.613 e. The summed E-state index contributed by atoms with van der Waals surface area (Å²) in [6, 6.07) is -4.65. The van der Waals surface area contributed by atoms with Crippen molar-refractivity contribution in [3.05, 3.63) is 10.1 Å². The Kier molecular flexibility index (Phi) is 3.06. The third kappa shape index (κ3) is 2.40. The first-order chi connectivity index (χ1) is 5.28. The van der Waals surface area contributed by atoms with Crippen LogP contribution in [0.1, 0.15) is 13.8 Å². The lowest BCUT2D eigenvalue weighted by Crippen LogP contribution is -2.39. The number of nitro groups is 1. The van der Waals surface area contributed by atoms with Crippen molar-refractivity contribution in [3.8, 4) is 0 Å². The normalized spacial score (nSPS) is 11.4. The van der Waals surface area contributed by atoms with E-state index < -0.39 is 23.0 Å². The first-order valence-corrected chi connectivity index (χ1v) is 3.02. The van der Waals surface area contributed by atoms with E-state index in [0.717, 1.165) is 0 Å². The van der Waals surface area contributed by atoms with Gasteiger partial charge in [-0.3, -0.25) is 10.1 Å². The molecule has 0 N–H and O–H groups in total. The van der Waals surface area contributed by atoms with E-state index in [0.29, 0.717) is 0 Å². The van der Waals surface area contributed by atoms with Gasteiger partial charge in [-0.05, 0) is 13.8 Å². The van der Waals surface area contributed by atoms with Gasteiger partial charge in [0.25, 0.3) is 0 Å². The van der Waals surface area contributed by atoms with Crippen molar-refractivity contribution in [2.75, 3.05) is 0 Å². The second kappa shape index (κ2) is 3.42. The van der Waals surface area contributed by atoms with Gasteiger partial charge in [0.1, 0.15) is 4.92 Å². The monoisotopic (exact) mass is 183 g/mol. The van der Waals surface area contributed by atoms with Gasteiger partial charge in [-0.25, -0.2) is 4.79 Å². The lowest BCUT2D eigenvalue weighted by atomic mass is 10.4. The number of nitrogens with zero attached hydrogens (tertiary/aromatic N) is 1. The van der Waals surface area contributed by atoms with Crippen molar-refractivity contribution < 1.29 is 23.2 Å². The number of hydrogen-bond donors (Lipinski definition) is 0. The molecule has 0 radical (unpaired) electrons. The molecule has 0 aromatic carbocycles. The zero-order valence-corrected chi connectivity index (χ0v) is 6.41. The van der Waals surface area contributed by atoms with Crippen molar-refractivity contribution in [1.29, 1.82) is 0 Å². The lowest BCUT2D eigenvalue weighted by Gasteiger charge is -2.09. The highest BCUT2D eigenvalue weighted by Crippen LogP contribution is 2.16. The molecule has 0 spiro atoms. The molecular weight excluding hydrogens is 176 g/mol.